The van der Waals surface area contributed by atoms with Gasteiger partial charge in [0.25, 0.3) is 0 Å². The summed E-state index contributed by atoms with van der Waals surface area (Å²) in [5, 5.41) is 5.64. The highest BCUT2D eigenvalue weighted by Crippen LogP contribution is 2.13. The molecule has 1 fully saturated rings. The summed E-state index contributed by atoms with van der Waals surface area (Å²) < 4.78 is 1.07. The Balaban J connectivity index is 1.74. The van der Waals surface area contributed by atoms with E-state index in [1.165, 1.54) is 5.56 Å². The van der Waals surface area contributed by atoms with E-state index < -0.39 is 0 Å². The molecule has 2 atom stereocenters. The van der Waals surface area contributed by atoms with Crippen LogP contribution in [-0.2, 0) is 16.0 Å². The molecule has 1 aromatic rings. The van der Waals surface area contributed by atoms with Crippen LogP contribution < -0.4 is 10.6 Å². The number of halogens is 1. The van der Waals surface area contributed by atoms with Crippen LogP contribution in [0.2, 0.25) is 0 Å². The monoisotopic (exact) mass is 338 g/mol. The third kappa shape index (κ3) is 4.34. The maximum absolute atomic E-state index is 11.9. The van der Waals surface area contributed by atoms with Crippen LogP contribution in [0.3, 0.4) is 0 Å². The molecule has 0 saturated carbocycles. The Morgan fingerprint density at radius 1 is 1.45 bits per heavy atom. The Morgan fingerprint density at radius 2 is 2.15 bits per heavy atom. The first-order valence-corrected chi connectivity index (χ1v) is 7.68. The van der Waals surface area contributed by atoms with E-state index in [1.807, 2.05) is 19.1 Å². The number of nitrogens with one attached hydrogen (secondary N) is 2. The molecular weight excluding hydrogens is 320 g/mol. The largest absolute Gasteiger partial charge is 0.352 e. The van der Waals surface area contributed by atoms with Crippen molar-refractivity contribution < 1.29 is 9.59 Å². The van der Waals surface area contributed by atoms with Crippen LogP contribution in [0, 0.1) is 0 Å². The lowest BCUT2D eigenvalue weighted by Crippen LogP contribution is -2.45. The highest BCUT2D eigenvalue weighted by atomic mass is 79.9. The predicted octanol–water partition coefficient (Wildman–Crippen LogP) is 2.16. The summed E-state index contributed by atoms with van der Waals surface area (Å²) in [6, 6.07) is 7.95. The van der Waals surface area contributed by atoms with Gasteiger partial charge in [0.1, 0.15) is 6.04 Å². The van der Waals surface area contributed by atoms with Crippen LogP contribution in [0.25, 0.3) is 0 Å². The van der Waals surface area contributed by atoms with E-state index in [1.54, 1.807) is 0 Å². The minimum absolute atomic E-state index is 0.0346. The Morgan fingerprint density at radius 3 is 2.75 bits per heavy atom. The summed E-state index contributed by atoms with van der Waals surface area (Å²) in [5.41, 5.74) is 1.25. The molecule has 2 rings (SSSR count). The predicted molar refractivity (Wildman–Crippen MR) is 81.2 cm³/mol. The lowest BCUT2D eigenvalue weighted by molar-refractivity contribution is -0.126. The van der Waals surface area contributed by atoms with Crippen molar-refractivity contribution in [1.29, 1.82) is 0 Å². The van der Waals surface area contributed by atoms with Gasteiger partial charge in [0, 0.05) is 16.9 Å². The molecule has 0 bridgehead atoms. The number of amides is 2. The normalized spacial score (nSPS) is 19.5. The van der Waals surface area contributed by atoms with Gasteiger partial charge in [-0.2, -0.15) is 0 Å². The molecule has 5 heteroatoms. The molecule has 20 heavy (non-hydrogen) atoms. The fourth-order valence-corrected chi connectivity index (χ4v) is 2.52. The molecule has 108 valence electrons. The average molecular weight is 339 g/mol. The van der Waals surface area contributed by atoms with Crippen molar-refractivity contribution in [2.75, 3.05) is 0 Å². The van der Waals surface area contributed by atoms with Crippen molar-refractivity contribution in [1.82, 2.24) is 10.6 Å². The second-order valence-electron chi connectivity index (χ2n) is 5.23. The summed E-state index contributed by atoms with van der Waals surface area (Å²) in [7, 11) is 0. The van der Waals surface area contributed by atoms with Crippen LogP contribution in [-0.4, -0.2) is 23.9 Å². The molecular formula is C15H19BrN2O2. The van der Waals surface area contributed by atoms with Gasteiger partial charge in [-0.05, 0) is 43.9 Å². The molecule has 2 N–H and O–H groups in total. The first kappa shape index (κ1) is 15.0. The SMILES string of the molecule is C[C@@H](CCc1ccc(Br)cc1)NC(=O)[C@@H]1CCC(=O)N1. The highest BCUT2D eigenvalue weighted by molar-refractivity contribution is 9.10. The lowest BCUT2D eigenvalue weighted by Gasteiger charge is -2.17. The van der Waals surface area contributed by atoms with Crippen LogP contribution in [0.5, 0.6) is 0 Å². The van der Waals surface area contributed by atoms with E-state index in [0.29, 0.717) is 12.8 Å². The van der Waals surface area contributed by atoms with Gasteiger partial charge >= 0.3 is 0 Å². The standard InChI is InChI=1S/C15H19BrN2O2/c1-10(2-3-11-4-6-12(16)7-5-11)17-15(20)13-8-9-14(19)18-13/h4-7,10,13H,2-3,8-9H2,1H3,(H,17,20)(H,18,19)/t10-,13-/m0/s1. The van der Waals surface area contributed by atoms with E-state index in [0.717, 1.165) is 17.3 Å². The third-order valence-electron chi connectivity index (χ3n) is 3.48. The molecule has 0 unspecified atom stereocenters. The number of hydrogen-bond donors (Lipinski definition) is 2. The molecule has 1 aliphatic rings. The number of carbonyl (C=O) groups excluding carboxylic acids is 2. The van der Waals surface area contributed by atoms with Gasteiger partial charge in [-0.25, -0.2) is 0 Å². The summed E-state index contributed by atoms with van der Waals surface area (Å²) >= 11 is 3.41. The minimum atomic E-state index is -0.349. The first-order chi connectivity index (χ1) is 9.54. The fourth-order valence-electron chi connectivity index (χ4n) is 2.26. The molecule has 0 spiro atoms. The average Bonchev–Trinajstić information content (AvgIpc) is 2.85. The van der Waals surface area contributed by atoms with Crippen molar-refractivity contribution in [2.45, 2.75) is 44.7 Å². The van der Waals surface area contributed by atoms with Gasteiger partial charge < -0.3 is 10.6 Å². The van der Waals surface area contributed by atoms with Gasteiger partial charge in [0.05, 0.1) is 0 Å². The number of carbonyl (C=O) groups is 2. The minimum Gasteiger partial charge on any atom is -0.352 e. The topological polar surface area (TPSA) is 58.2 Å². The Kier molecular flexibility index (Phi) is 5.17. The van der Waals surface area contributed by atoms with E-state index in [9.17, 15) is 9.59 Å². The molecule has 0 radical (unpaired) electrons. The molecule has 0 aliphatic carbocycles. The Hall–Kier alpha value is -1.36. The molecule has 0 aromatic heterocycles. The number of hydrogen-bond acceptors (Lipinski definition) is 2. The zero-order valence-electron chi connectivity index (χ0n) is 11.5. The van der Waals surface area contributed by atoms with Gasteiger partial charge in [-0.15, -0.1) is 0 Å². The van der Waals surface area contributed by atoms with Gasteiger partial charge in [0.2, 0.25) is 11.8 Å². The number of benzene rings is 1. The molecule has 2 amide bonds. The van der Waals surface area contributed by atoms with E-state index in [4.69, 9.17) is 0 Å². The Labute approximate surface area is 127 Å². The number of rotatable bonds is 5. The van der Waals surface area contributed by atoms with Crippen molar-refractivity contribution in [3.05, 3.63) is 34.3 Å². The molecule has 4 nitrogen and oxygen atoms in total. The molecule has 1 aromatic carbocycles. The summed E-state index contributed by atoms with van der Waals surface area (Å²) in [4.78, 5) is 23.0. The van der Waals surface area contributed by atoms with Crippen molar-refractivity contribution in [3.8, 4) is 0 Å². The van der Waals surface area contributed by atoms with E-state index >= 15 is 0 Å². The van der Waals surface area contributed by atoms with Gasteiger partial charge in [-0.3, -0.25) is 9.59 Å². The lowest BCUT2D eigenvalue weighted by atomic mass is 10.1. The number of aryl methyl sites for hydroxylation is 1. The van der Waals surface area contributed by atoms with Crippen molar-refractivity contribution in [2.24, 2.45) is 0 Å². The summed E-state index contributed by atoms with van der Waals surface area (Å²) in [6.07, 6.45) is 2.86. The van der Waals surface area contributed by atoms with Crippen LogP contribution in [0.15, 0.2) is 28.7 Å². The fraction of sp³-hybridized carbons (Fsp3) is 0.467. The molecule has 1 saturated heterocycles. The van der Waals surface area contributed by atoms with Crippen LogP contribution >= 0.6 is 15.9 Å². The second-order valence-corrected chi connectivity index (χ2v) is 6.15. The third-order valence-corrected chi connectivity index (χ3v) is 4.01. The highest BCUT2D eigenvalue weighted by Gasteiger charge is 2.27. The van der Waals surface area contributed by atoms with Crippen molar-refractivity contribution in [3.63, 3.8) is 0 Å². The van der Waals surface area contributed by atoms with Gasteiger partial charge in [-0.1, -0.05) is 28.1 Å². The zero-order chi connectivity index (χ0) is 14.5. The maximum Gasteiger partial charge on any atom is 0.242 e. The molecule has 1 heterocycles. The smallest absolute Gasteiger partial charge is 0.242 e. The summed E-state index contributed by atoms with van der Waals surface area (Å²) in [5.74, 6) is -0.105. The second kappa shape index (κ2) is 6.88. The first-order valence-electron chi connectivity index (χ1n) is 6.89. The van der Waals surface area contributed by atoms with Crippen LogP contribution in [0.4, 0.5) is 0 Å². The van der Waals surface area contributed by atoms with Crippen LogP contribution in [0.1, 0.15) is 31.7 Å². The zero-order valence-corrected chi connectivity index (χ0v) is 13.1. The summed E-state index contributed by atoms with van der Waals surface area (Å²) in [6.45, 7) is 1.99. The quantitative estimate of drug-likeness (QED) is 0.864. The van der Waals surface area contributed by atoms with E-state index in [-0.39, 0.29) is 23.9 Å². The maximum atomic E-state index is 11.9. The van der Waals surface area contributed by atoms with E-state index in [2.05, 4.69) is 38.7 Å². The van der Waals surface area contributed by atoms with Crippen molar-refractivity contribution >= 4 is 27.7 Å². The van der Waals surface area contributed by atoms with Gasteiger partial charge in [0.15, 0.2) is 0 Å². The molecule has 1 aliphatic heterocycles. The Bertz CT molecular complexity index is 487.